The van der Waals surface area contributed by atoms with Crippen LogP contribution in [0.25, 0.3) is 11.3 Å². The summed E-state index contributed by atoms with van der Waals surface area (Å²) < 4.78 is 0. The first-order chi connectivity index (χ1) is 16.1. The minimum absolute atomic E-state index is 0.168. The van der Waals surface area contributed by atoms with Crippen LogP contribution in [0.1, 0.15) is 20.3 Å². The Morgan fingerprint density at radius 3 is 2.55 bits per heavy atom. The van der Waals surface area contributed by atoms with Crippen molar-refractivity contribution in [3.05, 3.63) is 61.3 Å². The molecule has 3 aromatic rings. The molecule has 1 aliphatic heterocycles. The first-order valence-electron chi connectivity index (χ1n) is 11.5. The Bertz CT molecular complexity index is 1020. The van der Waals surface area contributed by atoms with Crippen LogP contribution in [0.3, 0.4) is 0 Å². The molecular formula is C25H31N7O. The molecule has 0 aromatic carbocycles. The number of carbonyl (C=O) groups excluding carboxylic acids is 1. The maximum absolute atomic E-state index is 13.0. The average Bonchev–Trinajstić information content (AvgIpc) is 2.85. The zero-order chi connectivity index (χ0) is 23.0. The lowest BCUT2D eigenvalue weighted by molar-refractivity contribution is -0.132. The molecular weight excluding hydrogens is 414 g/mol. The zero-order valence-electron chi connectivity index (χ0n) is 19.3. The third kappa shape index (κ3) is 6.10. The van der Waals surface area contributed by atoms with Gasteiger partial charge in [-0.05, 0) is 36.2 Å². The summed E-state index contributed by atoms with van der Waals surface area (Å²) >= 11 is 0. The van der Waals surface area contributed by atoms with Crippen molar-refractivity contribution in [2.75, 3.05) is 44.2 Å². The molecule has 8 nitrogen and oxygen atoms in total. The maximum Gasteiger partial charge on any atom is 0.224 e. The molecule has 0 spiro atoms. The molecule has 1 amide bonds. The van der Waals surface area contributed by atoms with Gasteiger partial charge in [-0.2, -0.15) is 0 Å². The largest absolute Gasteiger partial charge is 0.340 e. The van der Waals surface area contributed by atoms with Crippen LogP contribution in [0.5, 0.6) is 0 Å². The second kappa shape index (κ2) is 11.0. The summed E-state index contributed by atoms with van der Waals surface area (Å²) in [5.41, 5.74) is 1.77. The Balaban J connectivity index is 1.46. The van der Waals surface area contributed by atoms with Crippen LogP contribution < -0.4 is 4.90 Å². The lowest BCUT2D eigenvalue weighted by Gasteiger charge is -2.36. The van der Waals surface area contributed by atoms with Crippen LogP contribution in [-0.2, 0) is 4.79 Å². The van der Waals surface area contributed by atoms with Crippen molar-refractivity contribution in [3.8, 4) is 11.3 Å². The van der Waals surface area contributed by atoms with Crippen molar-refractivity contribution in [1.29, 1.82) is 0 Å². The van der Waals surface area contributed by atoms with Gasteiger partial charge in [0.05, 0.1) is 5.69 Å². The number of rotatable bonds is 8. The fourth-order valence-electron chi connectivity index (χ4n) is 4.10. The van der Waals surface area contributed by atoms with Gasteiger partial charge in [0, 0.05) is 69.8 Å². The third-order valence-electron chi connectivity index (χ3n) is 5.71. The van der Waals surface area contributed by atoms with Gasteiger partial charge >= 0.3 is 0 Å². The highest BCUT2D eigenvalue weighted by atomic mass is 16.2. The SMILES string of the molecule is CC(C)CN1CCN(C(=O)CCN(c2ccncn2)c2cccc(-c3cccnc3)n2)CC1. The number of carbonyl (C=O) groups is 1. The Labute approximate surface area is 195 Å². The van der Waals surface area contributed by atoms with Gasteiger partial charge < -0.3 is 9.80 Å². The lowest BCUT2D eigenvalue weighted by Crippen LogP contribution is -2.49. The van der Waals surface area contributed by atoms with E-state index in [0.29, 0.717) is 18.9 Å². The molecule has 8 heteroatoms. The highest BCUT2D eigenvalue weighted by molar-refractivity contribution is 5.77. The summed E-state index contributed by atoms with van der Waals surface area (Å²) in [4.78, 5) is 36.9. The van der Waals surface area contributed by atoms with Gasteiger partial charge in [0.15, 0.2) is 0 Å². The maximum atomic E-state index is 13.0. The van der Waals surface area contributed by atoms with Crippen molar-refractivity contribution in [3.63, 3.8) is 0 Å². The number of aromatic nitrogens is 4. The van der Waals surface area contributed by atoms with E-state index in [1.807, 2.05) is 46.2 Å². The molecule has 4 heterocycles. The van der Waals surface area contributed by atoms with E-state index in [4.69, 9.17) is 4.98 Å². The Morgan fingerprint density at radius 1 is 1.00 bits per heavy atom. The highest BCUT2D eigenvalue weighted by Crippen LogP contribution is 2.25. The van der Waals surface area contributed by atoms with E-state index in [-0.39, 0.29) is 5.91 Å². The normalized spacial score (nSPS) is 14.5. The van der Waals surface area contributed by atoms with Gasteiger partial charge in [-0.15, -0.1) is 0 Å². The smallest absolute Gasteiger partial charge is 0.224 e. The molecule has 0 bridgehead atoms. The molecule has 0 unspecified atom stereocenters. The van der Waals surface area contributed by atoms with Gasteiger partial charge in [-0.25, -0.2) is 15.0 Å². The van der Waals surface area contributed by atoms with Gasteiger partial charge in [0.2, 0.25) is 5.91 Å². The summed E-state index contributed by atoms with van der Waals surface area (Å²) in [6, 6.07) is 11.6. The monoisotopic (exact) mass is 445 g/mol. The van der Waals surface area contributed by atoms with Crippen LogP contribution in [-0.4, -0.2) is 74.9 Å². The lowest BCUT2D eigenvalue weighted by atomic mass is 10.2. The van der Waals surface area contributed by atoms with Crippen molar-refractivity contribution >= 4 is 17.5 Å². The van der Waals surface area contributed by atoms with E-state index in [0.717, 1.165) is 55.6 Å². The number of hydrogen-bond donors (Lipinski definition) is 0. The molecule has 0 aliphatic carbocycles. The number of pyridine rings is 2. The first kappa shape index (κ1) is 22.8. The average molecular weight is 446 g/mol. The number of hydrogen-bond acceptors (Lipinski definition) is 7. The number of anilines is 2. The van der Waals surface area contributed by atoms with Gasteiger partial charge in [0.1, 0.15) is 18.0 Å². The summed E-state index contributed by atoms with van der Waals surface area (Å²) in [5.74, 6) is 2.27. The molecule has 172 valence electrons. The molecule has 1 saturated heterocycles. The molecule has 0 N–H and O–H groups in total. The fourth-order valence-corrected chi connectivity index (χ4v) is 4.10. The number of piperazine rings is 1. The number of amides is 1. The minimum Gasteiger partial charge on any atom is -0.340 e. The van der Waals surface area contributed by atoms with Crippen molar-refractivity contribution in [2.45, 2.75) is 20.3 Å². The van der Waals surface area contributed by atoms with E-state index >= 15 is 0 Å². The topological polar surface area (TPSA) is 78.4 Å². The Morgan fingerprint density at radius 2 is 1.85 bits per heavy atom. The molecule has 1 fully saturated rings. The summed E-state index contributed by atoms with van der Waals surface area (Å²) in [6.45, 7) is 9.49. The summed E-state index contributed by atoms with van der Waals surface area (Å²) in [6.07, 6.45) is 7.16. The van der Waals surface area contributed by atoms with E-state index in [9.17, 15) is 4.79 Å². The van der Waals surface area contributed by atoms with E-state index in [2.05, 4.69) is 33.7 Å². The van der Waals surface area contributed by atoms with Crippen LogP contribution in [0.2, 0.25) is 0 Å². The summed E-state index contributed by atoms with van der Waals surface area (Å²) in [5, 5.41) is 0. The molecule has 4 rings (SSSR count). The molecule has 33 heavy (non-hydrogen) atoms. The van der Waals surface area contributed by atoms with E-state index < -0.39 is 0 Å². The minimum atomic E-state index is 0.168. The van der Waals surface area contributed by atoms with Crippen molar-refractivity contribution in [2.24, 2.45) is 5.92 Å². The first-order valence-corrected chi connectivity index (χ1v) is 11.5. The van der Waals surface area contributed by atoms with Crippen LogP contribution in [0, 0.1) is 5.92 Å². The molecule has 1 aliphatic rings. The van der Waals surface area contributed by atoms with Gasteiger partial charge in [0.25, 0.3) is 0 Å². The predicted octanol–water partition coefficient (Wildman–Crippen LogP) is 3.26. The van der Waals surface area contributed by atoms with E-state index in [1.54, 1.807) is 18.6 Å². The quantitative estimate of drug-likeness (QED) is 0.527. The molecule has 3 aromatic heterocycles. The third-order valence-corrected chi connectivity index (χ3v) is 5.71. The standard InChI is InChI=1S/C25H31N7O/c1-20(2)18-30-13-15-31(16-14-30)25(33)9-12-32(23-8-11-27-19-28-23)24-7-3-6-22(29-24)21-5-4-10-26-17-21/h3-8,10-11,17,19-20H,9,12-16,18H2,1-2H3. The highest BCUT2D eigenvalue weighted by Gasteiger charge is 2.23. The Kier molecular flexibility index (Phi) is 7.57. The van der Waals surface area contributed by atoms with Gasteiger partial charge in [-0.1, -0.05) is 19.9 Å². The van der Waals surface area contributed by atoms with Gasteiger partial charge in [-0.3, -0.25) is 14.7 Å². The number of nitrogens with zero attached hydrogens (tertiary/aromatic N) is 7. The zero-order valence-corrected chi connectivity index (χ0v) is 19.3. The predicted molar refractivity (Wildman–Crippen MR) is 129 cm³/mol. The molecule has 0 atom stereocenters. The van der Waals surface area contributed by atoms with Crippen molar-refractivity contribution in [1.82, 2.24) is 29.7 Å². The van der Waals surface area contributed by atoms with E-state index in [1.165, 1.54) is 6.33 Å². The van der Waals surface area contributed by atoms with Crippen LogP contribution in [0.4, 0.5) is 11.6 Å². The van der Waals surface area contributed by atoms with Crippen molar-refractivity contribution < 1.29 is 4.79 Å². The molecule has 0 radical (unpaired) electrons. The Hall–Kier alpha value is -3.39. The fraction of sp³-hybridized carbons (Fsp3) is 0.400. The second-order valence-corrected chi connectivity index (χ2v) is 8.67. The van der Waals surface area contributed by atoms with Crippen LogP contribution in [0.15, 0.2) is 61.3 Å². The van der Waals surface area contributed by atoms with Crippen LogP contribution >= 0.6 is 0 Å². The molecule has 0 saturated carbocycles. The second-order valence-electron chi connectivity index (χ2n) is 8.67. The summed E-state index contributed by atoms with van der Waals surface area (Å²) in [7, 11) is 0.